The monoisotopic (exact) mass is 447 g/mol. The van der Waals surface area contributed by atoms with Crippen LogP contribution in [0.3, 0.4) is 0 Å². The van der Waals surface area contributed by atoms with Crippen LogP contribution in [0.15, 0.2) is 18.6 Å². The molecular weight excluding hydrogens is 418 g/mol. The molecule has 1 spiro atoms. The average Bonchev–Trinajstić information content (AvgIpc) is 3.23. The number of hydrogen-bond acceptors (Lipinski definition) is 7. The quantitative estimate of drug-likeness (QED) is 0.652. The first-order valence-corrected chi connectivity index (χ1v) is 10.9. The number of nitrogens with two attached hydrogens (primary N) is 1. The van der Waals surface area contributed by atoms with E-state index in [1.807, 2.05) is 10.9 Å². The van der Waals surface area contributed by atoms with E-state index < -0.39 is 5.97 Å². The highest BCUT2D eigenvalue weighted by Gasteiger charge is 2.47. The van der Waals surface area contributed by atoms with Gasteiger partial charge in [-0.3, -0.25) is 4.68 Å². The highest BCUT2D eigenvalue weighted by molar-refractivity contribution is 5.90. The molecule has 3 aliphatic rings. The number of likely N-dealkylation sites (tertiary alicyclic amines) is 1. The average molecular weight is 448 g/mol. The van der Waals surface area contributed by atoms with Gasteiger partial charge in [-0.05, 0) is 57.0 Å². The second-order valence-electron chi connectivity index (χ2n) is 9.08. The Hall–Kier alpha value is -2.23. The van der Waals surface area contributed by atoms with Crippen LogP contribution >= 0.6 is 12.4 Å². The van der Waals surface area contributed by atoms with E-state index in [9.17, 15) is 9.90 Å². The van der Waals surface area contributed by atoms with E-state index in [0.29, 0.717) is 17.2 Å². The lowest BCUT2D eigenvalue weighted by molar-refractivity contribution is -0.0324. The normalized spacial score (nSPS) is 22.1. The van der Waals surface area contributed by atoms with Gasteiger partial charge >= 0.3 is 5.97 Å². The minimum atomic E-state index is -1.18. The predicted molar refractivity (Wildman–Crippen MR) is 119 cm³/mol. The minimum Gasteiger partial charge on any atom is -0.476 e. The smallest absolute Gasteiger partial charge is 0.358 e. The lowest BCUT2D eigenvalue weighted by Crippen LogP contribution is -2.56. The van der Waals surface area contributed by atoms with Crippen molar-refractivity contribution in [2.24, 2.45) is 5.41 Å². The Bertz CT molecular complexity index is 928. The van der Waals surface area contributed by atoms with E-state index >= 15 is 0 Å². The SMILES string of the molecule is Cl.Nc1ncc(-c2cnn(C3CCN(C4CC5(CCNCC5)C4)CC3)c2)nc1C(=O)O. The fourth-order valence-corrected chi connectivity index (χ4v) is 5.44. The van der Waals surface area contributed by atoms with E-state index in [0.717, 1.165) is 37.5 Å². The number of carboxylic acids is 1. The zero-order chi connectivity index (χ0) is 20.7. The second kappa shape index (κ2) is 8.72. The lowest BCUT2D eigenvalue weighted by atomic mass is 9.60. The standard InChI is InChI=1S/C21H29N7O2.ClH/c22-19-18(20(29)30)26-17(12-24-19)14-11-25-28(13-14)15-1-7-27(8-2-15)16-9-21(10-16)3-5-23-6-4-21;/h11-13,15-16,23H,1-10H2,(H2,22,24)(H,29,30);1H. The van der Waals surface area contributed by atoms with Gasteiger partial charge in [0, 0.05) is 30.9 Å². The van der Waals surface area contributed by atoms with Gasteiger partial charge in [0.15, 0.2) is 11.5 Å². The number of nitrogen functional groups attached to an aromatic ring is 1. The molecule has 31 heavy (non-hydrogen) atoms. The number of anilines is 1. The molecule has 168 valence electrons. The van der Waals surface area contributed by atoms with Crippen molar-refractivity contribution in [3.63, 3.8) is 0 Å². The highest BCUT2D eigenvalue weighted by Crippen LogP contribution is 2.50. The van der Waals surface area contributed by atoms with Gasteiger partial charge in [-0.1, -0.05) is 0 Å². The van der Waals surface area contributed by atoms with Gasteiger partial charge in [-0.25, -0.2) is 14.8 Å². The van der Waals surface area contributed by atoms with Gasteiger partial charge in [0.1, 0.15) is 0 Å². The molecule has 1 aliphatic carbocycles. The summed E-state index contributed by atoms with van der Waals surface area (Å²) in [4.78, 5) is 22.0. The number of rotatable bonds is 4. The Morgan fingerprint density at radius 1 is 1.16 bits per heavy atom. The molecule has 5 rings (SSSR count). The van der Waals surface area contributed by atoms with Gasteiger partial charge in [0.05, 0.1) is 24.1 Å². The van der Waals surface area contributed by atoms with Crippen LogP contribution in [0.5, 0.6) is 0 Å². The number of carbonyl (C=O) groups is 1. The number of halogens is 1. The Morgan fingerprint density at radius 2 is 1.87 bits per heavy atom. The molecule has 4 heterocycles. The molecule has 2 aromatic heterocycles. The Morgan fingerprint density at radius 3 is 2.55 bits per heavy atom. The van der Waals surface area contributed by atoms with Crippen molar-refractivity contribution >= 4 is 24.2 Å². The Labute approximate surface area is 187 Å². The number of aromatic carboxylic acids is 1. The number of carboxylic acid groups (broad SMARTS) is 1. The third kappa shape index (κ3) is 4.26. The molecule has 2 saturated heterocycles. The van der Waals surface area contributed by atoms with Gasteiger partial charge in [0.25, 0.3) is 0 Å². The molecule has 0 radical (unpaired) electrons. The maximum Gasteiger partial charge on any atom is 0.358 e. The van der Waals surface area contributed by atoms with Crippen LogP contribution in [0.2, 0.25) is 0 Å². The zero-order valence-corrected chi connectivity index (χ0v) is 18.4. The lowest BCUT2D eigenvalue weighted by Gasteiger charge is -2.55. The minimum absolute atomic E-state index is 0. The second-order valence-corrected chi connectivity index (χ2v) is 9.08. The summed E-state index contributed by atoms with van der Waals surface area (Å²) in [6.45, 7) is 4.60. The first kappa shape index (κ1) is 22.0. The number of nitrogens with zero attached hydrogens (tertiary/aromatic N) is 5. The van der Waals surface area contributed by atoms with Crippen molar-refractivity contribution in [1.29, 1.82) is 0 Å². The summed E-state index contributed by atoms with van der Waals surface area (Å²) in [5.74, 6) is -1.25. The summed E-state index contributed by atoms with van der Waals surface area (Å²) >= 11 is 0. The van der Waals surface area contributed by atoms with Gasteiger partial charge in [0.2, 0.25) is 0 Å². The van der Waals surface area contributed by atoms with E-state index in [1.165, 1.54) is 45.0 Å². The molecule has 9 nitrogen and oxygen atoms in total. The van der Waals surface area contributed by atoms with Crippen LogP contribution in [0.1, 0.15) is 55.1 Å². The maximum absolute atomic E-state index is 11.3. The molecule has 0 unspecified atom stereocenters. The molecule has 2 aromatic rings. The van der Waals surface area contributed by atoms with Crippen molar-refractivity contribution in [1.82, 2.24) is 30.0 Å². The molecule has 0 aromatic carbocycles. The largest absolute Gasteiger partial charge is 0.476 e. The van der Waals surface area contributed by atoms with Crippen LogP contribution in [0, 0.1) is 5.41 Å². The van der Waals surface area contributed by atoms with Crippen molar-refractivity contribution < 1.29 is 9.90 Å². The van der Waals surface area contributed by atoms with Crippen molar-refractivity contribution in [2.45, 2.75) is 50.6 Å². The maximum atomic E-state index is 11.3. The Balaban J connectivity index is 0.00000231. The summed E-state index contributed by atoms with van der Waals surface area (Å²) in [5.41, 5.74) is 7.25. The van der Waals surface area contributed by atoms with E-state index in [4.69, 9.17) is 5.73 Å². The zero-order valence-electron chi connectivity index (χ0n) is 17.5. The number of nitrogens with one attached hydrogen (secondary N) is 1. The molecular formula is C21H30ClN7O2. The first-order valence-electron chi connectivity index (χ1n) is 10.9. The molecule has 4 N–H and O–H groups in total. The third-order valence-corrected chi connectivity index (χ3v) is 7.29. The summed E-state index contributed by atoms with van der Waals surface area (Å²) in [6.07, 6.45) is 12.8. The highest BCUT2D eigenvalue weighted by atomic mass is 35.5. The summed E-state index contributed by atoms with van der Waals surface area (Å²) in [5, 5.41) is 17.2. The van der Waals surface area contributed by atoms with Crippen LogP contribution < -0.4 is 11.1 Å². The number of piperidine rings is 2. The van der Waals surface area contributed by atoms with Crippen molar-refractivity contribution in [2.75, 3.05) is 31.9 Å². The predicted octanol–water partition coefficient (Wildman–Crippen LogP) is 2.21. The van der Waals surface area contributed by atoms with E-state index in [-0.39, 0.29) is 23.9 Å². The topological polar surface area (TPSA) is 122 Å². The van der Waals surface area contributed by atoms with Crippen LogP contribution in [-0.2, 0) is 0 Å². The van der Waals surface area contributed by atoms with Gasteiger partial charge < -0.3 is 21.1 Å². The molecule has 2 aliphatic heterocycles. The summed E-state index contributed by atoms with van der Waals surface area (Å²) in [6, 6.07) is 1.13. The molecule has 3 fully saturated rings. The number of aromatic nitrogens is 4. The van der Waals surface area contributed by atoms with Crippen molar-refractivity contribution in [3.8, 4) is 11.3 Å². The molecule has 0 bridgehead atoms. The van der Waals surface area contributed by atoms with Crippen LogP contribution in [-0.4, -0.2) is 67.9 Å². The fraction of sp³-hybridized carbons (Fsp3) is 0.619. The van der Waals surface area contributed by atoms with Crippen LogP contribution in [0.4, 0.5) is 5.82 Å². The van der Waals surface area contributed by atoms with Crippen molar-refractivity contribution in [3.05, 3.63) is 24.3 Å². The fourth-order valence-electron chi connectivity index (χ4n) is 5.44. The van der Waals surface area contributed by atoms with E-state index in [2.05, 4.69) is 25.3 Å². The molecule has 1 saturated carbocycles. The number of hydrogen-bond donors (Lipinski definition) is 3. The van der Waals surface area contributed by atoms with Gasteiger partial charge in [-0.2, -0.15) is 5.10 Å². The molecule has 0 amide bonds. The molecule has 0 atom stereocenters. The van der Waals surface area contributed by atoms with E-state index in [1.54, 1.807) is 6.20 Å². The first-order chi connectivity index (χ1) is 14.5. The summed E-state index contributed by atoms with van der Waals surface area (Å²) < 4.78 is 2.00. The molecule has 10 heteroatoms. The summed E-state index contributed by atoms with van der Waals surface area (Å²) in [7, 11) is 0. The third-order valence-electron chi connectivity index (χ3n) is 7.29. The van der Waals surface area contributed by atoms with Crippen LogP contribution in [0.25, 0.3) is 11.3 Å². The van der Waals surface area contributed by atoms with Gasteiger partial charge in [-0.15, -0.1) is 12.4 Å². The Kier molecular flexibility index (Phi) is 6.18.